The number of aromatic nitrogens is 2. The number of nitrogens with one attached hydrogen (secondary N) is 2. The molecule has 0 bridgehead atoms. The molecule has 9 heteroatoms. The van der Waals surface area contributed by atoms with Gasteiger partial charge in [-0.2, -0.15) is 5.10 Å². The molecule has 31 heavy (non-hydrogen) atoms. The summed E-state index contributed by atoms with van der Waals surface area (Å²) in [6, 6.07) is 13.3. The summed E-state index contributed by atoms with van der Waals surface area (Å²) in [6.07, 6.45) is 7.11. The first-order chi connectivity index (χ1) is 15.0. The average molecular weight is 441 g/mol. The van der Waals surface area contributed by atoms with Crippen LogP contribution in [0, 0.1) is 0 Å². The van der Waals surface area contributed by atoms with Crippen molar-refractivity contribution in [2.24, 2.45) is 0 Å². The number of rotatable bonds is 7. The fraction of sp³-hybridized carbons (Fsp3) is 0.273. The summed E-state index contributed by atoms with van der Waals surface area (Å²) >= 11 is 0. The Morgan fingerprint density at radius 3 is 2.65 bits per heavy atom. The highest BCUT2D eigenvalue weighted by Crippen LogP contribution is 2.27. The minimum atomic E-state index is -3.82. The largest absolute Gasteiger partial charge is 0.495 e. The van der Waals surface area contributed by atoms with Gasteiger partial charge in [-0.25, -0.2) is 17.8 Å². The zero-order valence-corrected chi connectivity index (χ0v) is 17.9. The molecule has 0 saturated heterocycles. The molecule has 0 atom stereocenters. The molecule has 1 aliphatic rings. The predicted octanol–water partition coefficient (Wildman–Crippen LogP) is 3.35. The summed E-state index contributed by atoms with van der Waals surface area (Å²) in [6.45, 7) is 0. The number of carbonyl (C=O) groups is 1. The fourth-order valence-electron chi connectivity index (χ4n) is 3.71. The topological polar surface area (TPSA) is 102 Å². The van der Waals surface area contributed by atoms with Crippen LogP contribution in [0.25, 0.3) is 5.69 Å². The quantitative estimate of drug-likeness (QED) is 0.587. The van der Waals surface area contributed by atoms with E-state index in [-0.39, 0.29) is 22.3 Å². The lowest BCUT2D eigenvalue weighted by Gasteiger charge is -2.16. The van der Waals surface area contributed by atoms with Gasteiger partial charge in [0.2, 0.25) is 10.0 Å². The van der Waals surface area contributed by atoms with Gasteiger partial charge in [0.1, 0.15) is 10.6 Å². The lowest BCUT2D eigenvalue weighted by molar-refractivity contribution is 0.102. The molecule has 162 valence electrons. The normalized spacial score (nSPS) is 14.5. The number of nitrogens with zero attached hydrogens (tertiary/aromatic N) is 2. The van der Waals surface area contributed by atoms with Crippen LogP contribution in [0.1, 0.15) is 36.0 Å². The van der Waals surface area contributed by atoms with Gasteiger partial charge in [-0.05, 0) is 55.3 Å². The van der Waals surface area contributed by atoms with Crippen molar-refractivity contribution in [1.29, 1.82) is 0 Å². The van der Waals surface area contributed by atoms with E-state index in [0.717, 1.165) is 31.4 Å². The van der Waals surface area contributed by atoms with Crippen molar-refractivity contribution < 1.29 is 17.9 Å². The van der Waals surface area contributed by atoms with Crippen molar-refractivity contribution in [3.63, 3.8) is 0 Å². The van der Waals surface area contributed by atoms with E-state index in [1.807, 2.05) is 18.2 Å². The third-order valence-corrected chi connectivity index (χ3v) is 6.81. The van der Waals surface area contributed by atoms with Gasteiger partial charge in [0.25, 0.3) is 5.91 Å². The Balaban J connectivity index is 1.57. The SMILES string of the molecule is COc1ccc(C(=O)Nc2cccc(-n3cccn3)c2)cc1S(=O)(=O)NC1CCCC1. The van der Waals surface area contributed by atoms with Crippen molar-refractivity contribution in [2.75, 3.05) is 12.4 Å². The van der Waals surface area contributed by atoms with Crippen molar-refractivity contribution in [1.82, 2.24) is 14.5 Å². The Morgan fingerprint density at radius 2 is 1.94 bits per heavy atom. The fourth-order valence-corrected chi connectivity index (χ4v) is 5.21. The van der Waals surface area contributed by atoms with Gasteiger partial charge in [0.05, 0.1) is 12.8 Å². The summed E-state index contributed by atoms with van der Waals surface area (Å²) in [5.74, 6) is -0.222. The first-order valence-electron chi connectivity index (χ1n) is 10.1. The number of hydrogen-bond acceptors (Lipinski definition) is 5. The molecular weight excluding hydrogens is 416 g/mol. The van der Waals surface area contributed by atoms with Crippen LogP contribution in [0.15, 0.2) is 65.8 Å². The van der Waals surface area contributed by atoms with Crippen LogP contribution in [0.3, 0.4) is 0 Å². The Kier molecular flexibility index (Phi) is 6.06. The van der Waals surface area contributed by atoms with Crippen LogP contribution in [-0.4, -0.2) is 37.3 Å². The third kappa shape index (κ3) is 4.78. The number of ether oxygens (including phenoxy) is 1. The first-order valence-corrected chi connectivity index (χ1v) is 11.6. The van der Waals surface area contributed by atoms with E-state index in [9.17, 15) is 13.2 Å². The van der Waals surface area contributed by atoms with E-state index in [2.05, 4.69) is 15.1 Å². The summed E-state index contributed by atoms with van der Waals surface area (Å²) < 4.78 is 35.6. The second-order valence-corrected chi connectivity index (χ2v) is 9.11. The molecule has 3 aromatic rings. The van der Waals surface area contributed by atoms with Gasteiger partial charge in [0.15, 0.2) is 0 Å². The van der Waals surface area contributed by atoms with Crippen molar-refractivity contribution in [2.45, 2.75) is 36.6 Å². The Morgan fingerprint density at radius 1 is 1.13 bits per heavy atom. The molecule has 2 N–H and O–H groups in total. The molecule has 8 nitrogen and oxygen atoms in total. The highest BCUT2D eigenvalue weighted by atomic mass is 32.2. The van der Waals surface area contributed by atoms with E-state index in [0.29, 0.717) is 5.69 Å². The molecule has 1 aromatic heterocycles. The predicted molar refractivity (Wildman–Crippen MR) is 117 cm³/mol. The van der Waals surface area contributed by atoms with Crippen LogP contribution in [0.4, 0.5) is 5.69 Å². The molecule has 1 fully saturated rings. The molecule has 0 spiro atoms. The second-order valence-electron chi connectivity index (χ2n) is 7.42. The molecule has 0 unspecified atom stereocenters. The van der Waals surface area contributed by atoms with E-state index >= 15 is 0 Å². The van der Waals surface area contributed by atoms with Gasteiger partial charge in [-0.3, -0.25) is 4.79 Å². The zero-order chi connectivity index (χ0) is 21.8. The number of sulfonamides is 1. The van der Waals surface area contributed by atoms with Crippen LogP contribution < -0.4 is 14.8 Å². The van der Waals surface area contributed by atoms with Gasteiger partial charge < -0.3 is 10.1 Å². The van der Waals surface area contributed by atoms with Crippen LogP contribution in [0.5, 0.6) is 5.75 Å². The van der Waals surface area contributed by atoms with E-state index < -0.39 is 15.9 Å². The summed E-state index contributed by atoms with van der Waals surface area (Å²) in [5.41, 5.74) is 1.58. The van der Waals surface area contributed by atoms with Gasteiger partial charge in [-0.15, -0.1) is 0 Å². The van der Waals surface area contributed by atoms with Crippen LogP contribution in [0.2, 0.25) is 0 Å². The lowest BCUT2D eigenvalue weighted by atomic mass is 10.2. The van der Waals surface area contributed by atoms with Crippen LogP contribution >= 0.6 is 0 Å². The van der Waals surface area contributed by atoms with E-state index in [4.69, 9.17) is 4.74 Å². The highest BCUT2D eigenvalue weighted by Gasteiger charge is 2.26. The number of benzene rings is 2. The second kappa shape index (κ2) is 8.91. The first kappa shape index (κ1) is 21.1. The molecule has 4 rings (SSSR count). The average Bonchev–Trinajstić information content (AvgIpc) is 3.47. The van der Waals surface area contributed by atoms with Gasteiger partial charge in [-0.1, -0.05) is 18.9 Å². The molecule has 2 aromatic carbocycles. The molecule has 0 radical (unpaired) electrons. The van der Waals surface area contributed by atoms with Crippen molar-refractivity contribution >= 4 is 21.6 Å². The molecule has 1 amide bonds. The molecule has 1 aliphatic carbocycles. The maximum Gasteiger partial charge on any atom is 0.255 e. The highest BCUT2D eigenvalue weighted by molar-refractivity contribution is 7.89. The number of anilines is 1. The number of hydrogen-bond donors (Lipinski definition) is 2. The Labute approximate surface area is 181 Å². The van der Waals surface area contributed by atoms with E-state index in [1.54, 1.807) is 35.3 Å². The third-order valence-electron chi connectivity index (χ3n) is 5.27. The molecule has 0 aliphatic heterocycles. The van der Waals surface area contributed by atoms with Crippen LogP contribution in [-0.2, 0) is 10.0 Å². The van der Waals surface area contributed by atoms with Crippen molar-refractivity contribution in [3.8, 4) is 11.4 Å². The minimum Gasteiger partial charge on any atom is -0.495 e. The van der Waals surface area contributed by atoms with E-state index in [1.165, 1.54) is 19.2 Å². The Hall–Kier alpha value is -3.17. The van der Waals surface area contributed by atoms with Gasteiger partial charge in [0, 0.05) is 29.7 Å². The van der Waals surface area contributed by atoms with Crippen molar-refractivity contribution in [3.05, 3.63) is 66.5 Å². The maximum atomic E-state index is 12.9. The lowest BCUT2D eigenvalue weighted by Crippen LogP contribution is -2.33. The summed E-state index contributed by atoms with van der Waals surface area (Å²) in [4.78, 5) is 12.8. The zero-order valence-electron chi connectivity index (χ0n) is 17.1. The van der Waals surface area contributed by atoms with Gasteiger partial charge >= 0.3 is 0 Å². The molecule has 1 saturated carbocycles. The summed E-state index contributed by atoms with van der Waals surface area (Å²) in [5, 5.41) is 6.99. The number of carbonyl (C=O) groups excluding carboxylic acids is 1. The standard InChI is InChI=1S/C22H24N4O4S/c1-30-20-11-10-16(14-21(20)31(28,29)25-17-6-2-3-7-17)22(27)24-18-8-4-9-19(15-18)26-13-5-12-23-26/h4-5,8-15,17,25H,2-3,6-7H2,1H3,(H,24,27). The molecule has 1 heterocycles. The molecular formula is C22H24N4O4S. The smallest absolute Gasteiger partial charge is 0.255 e. The monoisotopic (exact) mass is 440 g/mol. The summed E-state index contributed by atoms with van der Waals surface area (Å²) in [7, 11) is -2.41. The number of methoxy groups -OCH3 is 1. The number of amides is 1. The maximum absolute atomic E-state index is 12.9. The minimum absolute atomic E-state index is 0.0418. The Bertz CT molecular complexity index is 1170.